The molecule has 5 nitrogen and oxygen atoms in total. The molecular formula is C13H22ClN3O2. The minimum absolute atomic E-state index is 0. The predicted molar refractivity (Wildman–Crippen MR) is 79.7 cm³/mol. The van der Waals surface area contributed by atoms with Gasteiger partial charge in [0.15, 0.2) is 0 Å². The molecule has 0 saturated carbocycles. The molecule has 6 heteroatoms. The Hall–Kier alpha value is -1.14. The van der Waals surface area contributed by atoms with E-state index in [-0.39, 0.29) is 18.3 Å². The van der Waals surface area contributed by atoms with Crippen molar-refractivity contribution in [3.8, 4) is 0 Å². The molecule has 0 saturated heterocycles. The third-order valence-corrected chi connectivity index (χ3v) is 2.35. The molecule has 0 bridgehead atoms. The molecule has 0 unspecified atom stereocenters. The Morgan fingerprint density at radius 2 is 2.00 bits per heavy atom. The maximum atomic E-state index is 11.7. The number of anilines is 1. The SMILES string of the molecule is CN(CCOCCN)CC(=O)Nc1ccccc1.Cl. The third kappa shape index (κ3) is 8.56. The fourth-order valence-electron chi connectivity index (χ4n) is 1.45. The summed E-state index contributed by atoms with van der Waals surface area (Å²) in [5.41, 5.74) is 6.12. The number of hydrogen-bond acceptors (Lipinski definition) is 4. The van der Waals surface area contributed by atoms with E-state index in [1.54, 1.807) is 0 Å². The van der Waals surface area contributed by atoms with Crippen molar-refractivity contribution in [3.05, 3.63) is 30.3 Å². The highest BCUT2D eigenvalue weighted by molar-refractivity contribution is 5.92. The van der Waals surface area contributed by atoms with Gasteiger partial charge in [0, 0.05) is 18.8 Å². The van der Waals surface area contributed by atoms with Gasteiger partial charge in [-0.2, -0.15) is 0 Å². The van der Waals surface area contributed by atoms with Crippen molar-refractivity contribution in [2.45, 2.75) is 0 Å². The van der Waals surface area contributed by atoms with Gasteiger partial charge in [-0.3, -0.25) is 9.69 Å². The van der Waals surface area contributed by atoms with Crippen LogP contribution in [-0.4, -0.2) is 50.7 Å². The van der Waals surface area contributed by atoms with Crippen LogP contribution < -0.4 is 11.1 Å². The van der Waals surface area contributed by atoms with E-state index in [0.29, 0.717) is 32.8 Å². The zero-order valence-corrected chi connectivity index (χ0v) is 12.0. The zero-order valence-electron chi connectivity index (χ0n) is 11.2. The van der Waals surface area contributed by atoms with Crippen LogP contribution in [0, 0.1) is 0 Å². The van der Waals surface area contributed by atoms with E-state index < -0.39 is 0 Å². The van der Waals surface area contributed by atoms with Crippen molar-refractivity contribution in [1.82, 2.24) is 4.90 Å². The lowest BCUT2D eigenvalue weighted by molar-refractivity contribution is -0.117. The van der Waals surface area contributed by atoms with Crippen molar-refractivity contribution < 1.29 is 9.53 Å². The summed E-state index contributed by atoms with van der Waals surface area (Å²) >= 11 is 0. The summed E-state index contributed by atoms with van der Waals surface area (Å²) in [6.07, 6.45) is 0. The summed E-state index contributed by atoms with van der Waals surface area (Å²) in [7, 11) is 1.89. The molecule has 0 aliphatic carbocycles. The van der Waals surface area contributed by atoms with Gasteiger partial charge in [0.2, 0.25) is 5.91 Å². The van der Waals surface area contributed by atoms with Gasteiger partial charge in [0.1, 0.15) is 0 Å². The molecule has 0 heterocycles. The van der Waals surface area contributed by atoms with E-state index in [2.05, 4.69) is 5.32 Å². The van der Waals surface area contributed by atoms with Crippen molar-refractivity contribution in [3.63, 3.8) is 0 Å². The van der Waals surface area contributed by atoms with Crippen molar-refractivity contribution in [1.29, 1.82) is 0 Å². The van der Waals surface area contributed by atoms with Gasteiger partial charge in [0.25, 0.3) is 0 Å². The number of carbonyl (C=O) groups excluding carboxylic acids is 1. The second kappa shape index (κ2) is 10.8. The van der Waals surface area contributed by atoms with Crippen LogP contribution in [0.15, 0.2) is 30.3 Å². The molecule has 0 radical (unpaired) electrons. The van der Waals surface area contributed by atoms with Gasteiger partial charge in [-0.25, -0.2) is 0 Å². The van der Waals surface area contributed by atoms with Gasteiger partial charge in [-0.05, 0) is 19.2 Å². The summed E-state index contributed by atoms with van der Waals surface area (Å²) in [4.78, 5) is 13.6. The first-order valence-electron chi connectivity index (χ1n) is 6.03. The Bertz CT molecular complexity index is 349. The Labute approximate surface area is 120 Å². The number of para-hydroxylation sites is 1. The van der Waals surface area contributed by atoms with E-state index in [0.717, 1.165) is 5.69 Å². The lowest BCUT2D eigenvalue weighted by Gasteiger charge is -2.16. The monoisotopic (exact) mass is 287 g/mol. The molecule has 1 rings (SSSR count). The average molecular weight is 288 g/mol. The molecule has 1 aromatic carbocycles. The normalized spacial score (nSPS) is 10.1. The summed E-state index contributed by atoms with van der Waals surface area (Å²) in [5.74, 6) is -0.0254. The molecule has 108 valence electrons. The number of amides is 1. The molecule has 3 N–H and O–H groups in total. The summed E-state index contributed by atoms with van der Waals surface area (Å²) in [5, 5.41) is 2.83. The van der Waals surface area contributed by atoms with Crippen LogP contribution in [0.4, 0.5) is 5.69 Å². The Morgan fingerprint density at radius 3 is 2.63 bits per heavy atom. The van der Waals surface area contributed by atoms with Crippen LogP contribution in [0.3, 0.4) is 0 Å². The molecule has 1 amide bonds. The van der Waals surface area contributed by atoms with Crippen molar-refractivity contribution >= 4 is 24.0 Å². The molecule has 0 spiro atoms. The largest absolute Gasteiger partial charge is 0.379 e. The smallest absolute Gasteiger partial charge is 0.238 e. The zero-order chi connectivity index (χ0) is 13.2. The van der Waals surface area contributed by atoms with Crippen LogP contribution in [0.25, 0.3) is 0 Å². The highest BCUT2D eigenvalue weighted by atomic mass is 35.5. The van der Waals surface area contributed by atoms with Crippen LogP contribution in [-0.2, 0) is 9.53 Å². The van der Waals surface area contributed by atoms with E-state index in [1.807, 2.05) is 42.3 Å². The number of carbonyl (C=O) groups is 1. The minimum Gasteiger partial charge on any atom is -0.379 e. The number of likely N-dealkylation sites (N-methyl/N-ethyl adjacent to an activating group) is 1. The fourth-order valence-corrected chi connectivity index (χ4v) is 1.45. The molecular weight excluding hydrogens is 266 g/mol. The van der Waals surface area contributed by atoms with Crippen LogP contribution in [0.2, 0.25) is 0 Å². The van der Waals surface area contributed by atoms with E-state index in [4.69, 9.17) is 10.5 Å². The number of nitrogens with zero attached hydrogens (tertiary/aromatic N) is 1. The van der Waals surface area contributed by atoms with Gasteiger partial charge in [-0.15, -0.1) is 12.4 Å². The minimum atomic E-state index is -0.0254. The fraction of sp³-hybridized carbons (Fsp3) is 0.462. The molecule has 1 aromatic rings. The van der Waals surface area contributed by atoms with Gasteiger partial charge in [-0.1, -0.05) is 18.2 Å². The topological polar surface area (TPSA) is 67.6 Å². The van der Waals surface area contributed by atoms with Crippen molar-refractivity contribution in [2.24, 2.45) is 5.73 Å². The number of halogens is 1. The van der Waals surface area contributed by atoms with Gasteiger partial charge in [0.05, 0.1) is 19.8 Å². The summed E-state index contributed by atoms with van der Waals surface area (Å²) in [6, 6.07) is 9.42. The molecule has 0 fully saturated rings. The van der Waals surface area contributed by atoms with E-state index in [1.165, 1.54) is 0 Å². The second-order valence-corrected chi connectivity index (χ2v) is 4.05. The lowest BCUT2D eigenvalue weighted by Crippen LogP contribution is -2.32. The predicted octanol–water partition coefficient (Wildman–Crippen LogP) is 0.954. The number of nitrogens with one attached hydrogen (secondary N) is 1. The first-order valence-corrected chi connectivity index (χ1v) is 6.03. The first-order chi connectivity index (χ1) is 8.72. The maximum absolute atomic E-state index is 11.7. The third-order valence-electron chi connectivity index (χ3n) is 2.35. The Balaban J connectivity index is 0.00000324. The molecule has 0 atom stereocenters. The van der Waals surface area contributed by atoms with Crippen LogP contribution in [0.5, 0.6) is 0 Å². The average Bonchev–Trinajstić information content (AvgIpc) is 2.35. The molecule has 0 aromatic heterocycles. The molecule has 19 heavy (non-hydrogen) atoms. The number of rotatable bonds is 8. The Morgan fingerprint density at radius 1 is 1.32 bits per heavy atom. The first kappa shape index (κ1) is 17.9. The molecule has 0 aliphatic heterocycles. The highest BCUT2D eigenvalue weighted by Gasteiger charge is 2.06. The Kier molecular flexibility index (Phi) is 10.1. The van der Waals surface area contributed by atoms with Crippen LogP contribution >= 0.6 is 12.4 Å². The lowest BCUT2D eigenvalue weighted by atomic mass is 10.3. The number of ether oxygens (including phenoxy) is 1. The highest BCUT2D eigenvalue weighted by Crippen LogP contribution is 2.04. The molecule has 0 aliphatic rings. The number of nitrogens with two attached hydrogens (primary N) is 1. The number of hydrogen-bond donors (Lipinski definition) is 2. The van der Waals surface area contributed by atoms with Crippen LogP contribution in [0.1, 0.15) is 0 Å². The van der Waals surface area contributed by atoms with E-state index >= 15 is 0 Å². The summed E-state index contributed by atoms with van der Waals surface area (Å²) < 4.78 is 5.25. The van der Waals surface area contributed by atoms with Gasteiger partial charge < -0.3 is 15.8 Å². The van der Waals surface area contributed by atoms with Crippen molar-refractivity contribution in [2.75, 3.05) is 45.2 Å². The second-order valence-electron chi connectivity index (χ2n) is 4.05. The quantitative estimate of drug-likeness (QED) is 0.699. The summed E-state index contributed by atoms with van der Waals surface area (Å²) in [6.45, 7) is 2.73. The van der Waals surface area contributed by atoms with E-state index in [9.17, 15) is 4.79 Å². The maximum Gasteiger partial charge on any atom is 0.238 e. The number of benzene rings is 1. The van der Waals surface area contributed by atoms with Gasteiger partial charge >= 0.3 is 0 Å². The standard InChI is InChI=1S/C13H21N3O2.ClH/c1-16(8-10-18-9-7-14)11-13(17)15-12-5-3-2-4-6-12;/h2-6H,7-11,14H2,1H3,(H,15,17);1H.